The molecule has 42 heavy (non-hydrogen) atoms. The Bertz CT molecular complexity index is 1420. The van der Waals surface area contributed by atoms with Gasteiger partial charge in [0.25, 0.3) is 15.6 Å². The minimum Gasteiger partial charge on any atom is -0.394 e. The number of aryl methyl sites for hydroxylation is 1. The first-order chi connectivity index (χ1) is 19.3. The van der Waals surface area contributed by atoms with E-state index in [4.69, 9.17) is 0 Å². The van der Waals surface area contributed by atoms with Gasteiger partial charge in [0.2, 0.25) is 5.91 Å². The van der Waals surface area contributed by atoms with Crippen molar-refractivity contribution in [1.82, 2.24) is 4.90 Å². The standard InChI is InChI=1S/C25H25F7N2O7S/c26-15-3-6-17(7-4-15)42(40,41)34-16(10-21(37)33-11-20(36)22(38)19(33)12-35)5-1-13-9-14(2-8-18(13)34)23(39,24(27,28)29)25(30,31)32/h2-4,6-9,16,19-20,22,35-36,38-39H,1,5,10-12H2/t16-,19+,20?,22-/m0/s1. The van der Waals surface area contributed by atoms with Crippen LogP contribution in [0.1, 0.15) is 24.0 Å². The monoisotopic (exact) mass is 630 g/mol. The molecule has 9 nitrogen and oxygen atoms in total. The maximum atomic E-state index is 13.7. The van der Waals surface area contributed by atoms with Crippen molar-refractivity contribution in [2.24, 2.45) is 0 Å². The lowest BCUT2D eigenvalue weighted by Gasteiger charge is -2.39. The van der Waals surface area contributed by atoms with Gasteiger partial charge in [-0.05, 0) is 48.7 Å². The van der Waals surface area contributed by atoms with Gasteiger partial charge in [0.15, 0.2) is 0 Å². The zero-order chi connectivity index (χ0) is 31.4. The van der Waals surface area contributed by atoms with Crippen molar-refractivity contribution in [2.45, 2.75) is 66.4 Å². The number of carbonyl (C=O) groups excluding carboxylic acids is 1. The van der Waals surface area contributed by atoms with E-state index in [9.17, 15) is 64.4 Å². The van der Waals surface area contributed by atoms with Crippen LogP contribution < -0.4 is 4.31 Å². The predicted octanol–water partition coefficient (Wildman–Crippen LogP) is 1.96. The highest BCUT2D eigenvalue weighted by atomic mass is 32.2. The second kappa shape index (κ2) is 10.9. The van der Waals surface area contributed by atoms with Gasteiger partial charge in [-0.15, -0.1) is 0 Å². The molecule has 2 heterocycles. The van der Waals surface area contributed by atoms with Crippen LogP contribution in [0.5, 0.6) is 0 Å². The highest BCUT2D eigenvalue weighted by Crippen LogP contribution is 2.51. The molecule has 2 aliphatic rings. The molecule has 1 saturated heterocycles. The molecule has 4 N–H and O–H groups in total. The number of aliphatic hydroxyl groups excluding tert-OH is 3. The first-order valence-corrected chi connectivity index (χ1v) is 13.8. The molecule has 2 aromatic rings. The van der Waals surface area contributed by atoms with Gasteiger partial charge < -0.3 is 25.3 Å². The third-order valence-electron chi connectivity index (χ3n) is 7.49. The summed E-state index contributed by atoms with van der Waals surface area (Å²) >= 11 is 0. The summed E-state index contributed by atoms with van der Waals surface area (Å²) in [6.45, 7) is -1.13. The first-order valence-electron chi connectivity index (χ1n) is 12.4. The number of alkyl halides is 6. The summed E-state index contributed by atoms with van der Waals surface area (Å²) < 4.78 is 123. The predicted molar refractivity (Wildman–Crippen MR) is 130 cm³/mol. The van der Waals surface area contributed by atoms with Crippen LogP contribution in [0.15, 0.2) is 47.4 Å². The van der Waals surface area contributed by atoms with E-state index in [1.807, 2.05) is 0 Å². The Kier molecular flexibility index (Phi) is 8.31. The van der Waals surface area contributed by atoms with E-state index in [0.29, 0.717) is 16.4 Å². The number of aliphatic hydroxyl groups is 4. The lowest BCUT2D eigenvalue weighted by molar-refractivity contribution is -0.376. The molecule has 2 aliphatic heterocycles. The summed E-state index contributed by atoms with van der Waals surface area (Å²) in [5.74, 6) is -1.61. The Morgan fingerprint density at radius 1 is 0.976 bits per heavy atom. The topological polar surface area (TPSA) is 139 Å². The minimum absolute atomic E-state index is 0.284. The van der Waals surface area contributed by atoms with Crippen molar-refractivity contribution in [2.75, 3.05) is 17.5 Å². The summed E-state index contributed by atoms with van der Waals surface area (Å²) in [7, 11) is -4.72. The number of anilines is 1. The van der Waals surface area contributed by atoms with Gasteiger partial charge in [-0.3, -0.25) is 9.10 Å². The van der Waals surface area contributed by atoms with Gasteiger partial charge in [0.05, 0.1) is 35.4 Å². The SMILES string of the molecule is O=C(C[C@@H]1CCc2cc(C(O)(C(F)(F)F)C(F)(F)F)ccc2N1S(=O)(=O)c1ccc(F)cc1)N1CC(O)[C@@H](O)[C@H]1CO. The zero-order valence-corrected chi connectivity index (χ0v) is 22.2. The number of β-amino-alcohol motifs (C(OH)–C–C–N with tert-alkyl or cyclic N) is 1. The van der Waals surface area contributed by atoms with E-state index < -0.39 is 94.0 Å². The second-order valence-electron chi connectivity index (χ2n) is 10.1. The van der Waals surface area contributed by atoms with Gasteiger partial charge in [-0.25, -0.2) is 12.8 Å². The van der Waals surface area contributed by atoms with Crippen LogP contribution in [0.25, 0.3) is 0 Å². The lowest BCUT2D eigenvalue weighted by atomic mass is 9.87. The van der Waals surface area contributed by atoms with Crippen LogP contribution in [0.4, 0.5) is 36.4 Å². The molecular weight excluding hydrogens is 605 g/mol. The molecule has 0 saturated carbocycles. The number of fused-ring (bicyclic) bond motifs is 1. The van der Waals surface area contributed by atoms with Crippen LogP contribution >= 0.6 is 0 Å². The summed E-state index contributed by atoms with van der Waals surface area (Å²) in [4.78, 5) is 13.6. The van der Waals surface area contributed by atoms with Crippen LogP contribution in [0, 0.1) is 5.82 Å². The normalized spacial score (nSPS) is 23.7. The number of rotatable bonds is 6. The highest BCUT2D eigenvalue weighted by Gasteiger charge is 2.71. The van der Waals surface area contributed by atoms with E-state index in [1.54, 1.807) is 0 Å². The molecule has 2 aromatic carbocycles. The Morgan fingerprint density at radius 3 is 2.12 bits per heavy atom. The third kappa shape index (κ3) is 5.32. The van der Waals surface area contributed by atoms with Gasteiger partial charge in [-0.1, -0.05) is 12.1 Å². The molecular formula is C25H25F7N2O7S. The van der Waals surface area contributed by atoms with Crippen LogP contribution in [-0.4, -0.2) is 89.4 Å². The molecule has 17 heteroatoms. The Balaban J connectivity index is 1.80. The molecule has 0 aromatic heterocycles. The van der Waals surface area contributed by atoms with E-state index in [1.165, 1.54) is 0 Å². The van der Waals surface area contributed by atoms with Gasteiger partial charge >= 0.3 is 12.4 Å². The zero-order valence-electron chi connectivity index (χ0n) is 21.3. The third-order valence-corrected chi connectivity index (χ3v) is 9.37. The molecule has 0 radical (unpaired) electrons. The summed E-state index contributed by atoms with van der Waals surface area (Å²) in [5.41, 5.74) is -7.55. The number of carbonyl (C=O) groups is 1. The van der Waals surface area contributed by atoms with Crippen LogP contribution in [0.3, 0.4) is 0 Å². The molecule has 0 spiro atoms. The fraction of sp³-hybridized carbons (Fsp3) is 0.480. The second-order valence-corrected chi connectivity index (χ2v) is 11.9. The van der Waals surface area contributed by atoms with Gasteiger partial charge in [0.1, 0.15) is 11.9 Å². The molecule has 1 unspecified atom stereocenters. The average molecular weight is 631 g/mol. The number of likely N-dealkylation sites (tertiary alicyclic amines) is 1. The van der Waals surface area contributed by atoms with Crippen molar-refractivity contribution >= 4 is 21.6 Å². The Labute approximate surface area is 234 Å². The van der Waals surface area contributed by atoms with E-state index in [0.717, 1.165) is 29.2 Å². The van der Waals surface area contributed by atoms with E-state index in [-0.39, 0.29) is 30.2 Å². The number of nitrogens with zero attached hydrogens (tertiary/aromatic N) is 2. The highest BCUT2D eigenvalue weighted by molar-refractivity contribution is 7.92. The maximum absolute atomic E-state index is 13.7. The summed E-state index contributed by atoms with van der Waals surface area (Å²) in [6.07, 6.45) is -16.5. The number of hydrogen-bond donors (Lipinski definition) is 4. The minimum atomic E-state index is -6.18. The number of amides is 1. The van der Waals surface area contributed by atoms with Gasteiger partial charge in [0, 0.05) is 18.5 Å². The summed E-state index contributed by atoms with van der Waals surface area (Å²) in [5, 5.41) is 39.4. The van der Waals surface area contributed by atoms with Crippen molar-refractivity contribution in [3.05, 3.63) is 59.4 Å². The number of halogens is 7. The van der Waals surface area contributed by atoms with Crippen molar-refractivity contribution in [3.63, 3.8) is 0 Å². The fourth-order valence-corrected chi connectivity index (χ4v) is 7.00. The van der Waals surface area contributed by atoms with Gasteiger partial charge in [-0.2, -0.15) is 26.3 Å². The molecule has 1 fully saturated rings. The lowest BCUT2D eigenvalue weighted by Crippen LogP contribution is -2.54. The molecule has 4 atom stereocenters. The maximum Gasteiger partial charge on any atom is 0.430 e. The fourth-order valence-electron chi connectivity index (χ4n) is 5.28. The van der Waals surface area contributed by atoms with Crippen molar-refractivity contribution in [3.8, 4) is 0 Å². The van der Waals surface area contributed by atoms with E-state index in [2.05, 4.69) is 0 Å². The van der Waals surface area contributed by atoms with Crippen LogP contribution in [-0.2, 0) is 26.8 Å². The molecule has 4 rings (SSSR count). The van der Waals surface area contributed by atoms with Crippen molar-refractivity contribution in [1.29, 1.82) is 0 Å². The average Bonchev–Trinajstić information content (AvgIpc) is 3.19. The molecule has 1 amide bonds. The smallest absolute Gasteiger partial charge is 0.394 e. The Hall–Kier alpha value is -2.99. The van der Waals surface area contributed by atoms with Crippen LogP contribution in [0.2, 0.25) is 0 Å². The number of sulfonamides is 1. The molecule has 0 bridgehead atoms. The summed E-state index contributed by atoms with van der Waals surface area (Å²) in [6, 6.07) is 2.24. The van der Waals surface area contributed by atoms with E-state index >= 15 is 0 Å². The number of hydrogen-bond acceptors (Lipinski definition) is 7. The first kappa shape index (κ1) is 31.9. The largest absolute Gasteiger partial charge is 0.430 e. The number of benzene rings is 2. The molecule has 0 aliphatic carbocycles. The van der Waals surface area contributed by atoms with Crippen molar-refractivity contribution < 1.29 is 64.4 Å². The Morgan fingerprint density at radius 2 is 1.57 bits per heavy atom. The quantitative estimate of drug-likeness (QED) is 0.358. The molecule has 232 valence electrons.